The number of aliphatic imine (C=N–C) groups is 1. The van der Waals surface area contributed by atoms with Crippen LogP contribution in [0.4, 0.5) is 5.69 Å². The summed E-state index contributed by atoms with van der Waals surface area (Å²) in [4.78, 5) is 18.4. The molecule has 114 valence electrons. The Morgan fingerprint density at radius 2 is 1.74 bits per heavy atom. The Balaban J connectivity index is 1.70. The van der Waals surface area contributed by atoms with E-state index in [0.29, 0.717) is 5.88 Å². The van der Waals surface area contributed by atoms with Crippen molar-refractivity contribution in [2.24, 2.45) is 4.99 Å². The fourth-order valence-corrected chi connectivity index (χ4v) is 2.85. The third-order valence-corrected chi connectivity index (χ3v) is 3.97. The minimum absolute atomic E-state index is 0.551. The molecule has 5 heteroatoms. The van der Waals surface area contributed by atoms with Crippen molar-refractivity contribution in [1.29, 1.82) is 0 Å². The molecule has 23 heavy (non-hydrogen) atoms. The summed E-state index contributed by atoms with van der Waals surface area (Å²) in [6, 6.07) is 11.8. The third kappa shape index (κ3) is 2.65. The molecule has 0 bridgehead atoms. The van der Waals surface area contributed by atoms with Crippen molar-refractivity contribution in [3.05, 3.63) is 54.0 Å². The minimum Gasteiger partial charge on any atom is -0.479 e. The number of hydrogen-bond acceptors (Lipinski definition) is 5. The smallest absolute Gasteiger partial charge is 0.239 e. The van der Waals surface area contributed by atoms with Crippen LogP contribution in [0.3, 0.4) is 0 Å². The van der Waals surface area contributed by atoms with Crippen LogP contribution >= 0.6 is 0 Å². The summed E-state index contributed by atoms with van der Waals surface area (Å²) in [5.41, 5.74) is 5.86. The molecule has 0 saturated heterocycles. The highest BCUT2D eigenvalue weighted by atomic mass is 16.5. The Bertz CT molecular complexity index is 904. The molecule has 0 radical (unpaired) electrons. The predicted molar refractivity (Wildman–Crippen MR) is 89.4 cm³/mol. The Hall–Kier alpha value is -2.82. The number of pyridine rings is 1. The van der Waals surface area contributed by atoms with Gasteiger partial charge in [0, 0.05) is 18.3 Å². The number of hydrogen-bond donors (Lipinski definition) is 0. The van der Waals surface area contributed by atoms with Gasteiger partial charge in [0.1, 0.15) is 5.69 Å². The van der Waals surface area contributed by atoms with Gasteiger partial charge in [-0.25, -0.2) is 15.0 Å². The molecule has 2 aromatic heterocycles. The first-order valence-corrected chi connectivity index (χ1v) is 7.63. The second-order valence-electron chi connectivity index (χ2n) is 5.49. The number of fused-ring (bicyclic) bond motifs is 2. The van der Waals surface area contributed by atoms with Gasteiger partial charge in [-0.05, 0) is 37.1 Å². The Labute approximate surface area is 134 Å². The maximum atomic E-state index is 5.27. The highest BCUT2D eigenvalue weighted by Gasteiger charge is 2.18. The average molecular weight is 304 g/mol. The van der Waals surface area contributed by atoms with Crippen LogP contribution in [0.25, 0.3) is 11.0 Å². The lowest BCUT2D eigenvalue weighted by Gasteiger charge is -2.17. The summed E-state index contributed by atoms with van der Waals surface area (Å²) >= 11 is 0. The van der Waals surface area contributed by atoms with Gasteiger partial charge in [-0.15, -0.1) is 0 Å². The van der Waals surface area contributed by atoms with Crippen LogP contribution in [-0.4, -0.2) is 27.8 Å². The predicted octanol–water partition coefficient (Wildman–Crippen LogP) is 3.29. The first kappa shape index (κ1) is 13.8. The van der Waals surface area contributed by atoms with E-state index in [1.165, 1.54) is 0 Å². The second-order valence-corrected chi connectivity index (χ2v) is 5.49. The SMILES string of the molecule is COc1ncccc1N=C1CCc2nc3ccccc3nc2C1. The van der Waals surface area contributed by atoms with Crippen LogP contribution in [0.15, 0.2) is 47.6 Å². The van der Waals surface area contributed by atoms with Crippen LogP contribution in [0.2, 0.25) is 0 Å². The fraction of sp³-hybridized carbons (Fsp3) is 0.222. The van der Waals surface area contributed by atoms with Gasteiger partial charge < -0.3 is 4.74 Å². The summed E-state index contributed by atoms with van der Waals surface area (Å²) < 4.78 is 5.27. The van der Waals surface area contributed by atoms with Crippen LogP contribution < -0.4 is 4.74 Å². The molecular formula is C18H16N4O. The van der Waals surface area contributed by atoms with Crippen LogP contribution in [0, 0.1) is 0 Å². The molecule has 1 aliphatic carbocycles. The molecule has 0 aliphatic heterocycles. The maximum Gasteiger partial charge on any atom is 0.239 e. The van der Waals surface area contributed by atoms with Gasteiger partial charge in [0.25, 0.3) is 0 Å². The zero-order valence-electron chi connectivity index (χ0n) is 12.9. The first-order valence-electron chi connectivity index (χ1n) is 7.63. The molecule has 5 nitrogen and oxygen atoms in total. The molecular weight excluding hydrogens is 288 g/mol. The van der Waals surface area contributed by atoms with Gasteiger partial charge in [0.15, 0.2) is 0 Å². The number of ether oxygens (including phenoxy) is 1. The Morgan fingerprint density at radius 1 is 0.957 bits per heavy atom. The number of rotatable bonds is 2. The molecule has 0 fully saturated rings. The number of aromatic nitrogens is 3. The van der Waals surface area contributed by atoms with E-state index in [4.69, 9.17) is 19.7 Å². The molecule has 4 rings (SSSR count). The highest BCUT2D eigenvalue weighted by Crippen LogP contribution is 2.27. The van der Waals surface area contributed by atoms with Gasteiger partial charge in [-0.1, -0.05) is 12.1 Å². The van der Waals surface area contributed by atoms with Crippen LogP contribution in [0.1, 0.15) is 17.8 Å². The molecule has 3 aromatic rings. The van der Waals surface area contributed by atoms with E-state index in [2.05, 4.69) is 4.98 Å². The molecule has 1 aliphatic rings. The molecule has 0 N–H and O–H groups in total. The van der Waals surface area contributed by atoms with Gasteiger partial charge in [-0.3, -0.25) is 4.99 Å². The topological polar surface area (TPSA) is 60.3 Å². The van der Waals surface area contributed by atoms with Crippen molar-refractivity contribution in [2.75, 3.05) is 7.11 Å². The minimum atomic E-state index is 0.551. The van der Waals surface area contributed by atoms with E-state index in [9.17, 15) is 0 Å². The lowest BCUT2D eigenvalue weighted by molar-refractivity contribution is 0.399. The number of methoxy groups -OCH3 is 1. The highest BCUT2D eigenvalue weighted by molar-refractivity contribution is 5.91. The van der Waals surface area contributed by atoms with Gasteiger partial charge in [0.2, 0.25) is 5.88 Å². The fourth-order valence-electron chi connectivity index (χ4n) is 2.85. The van der Waals surface area contributed by atoms with Crippen LogP contribution in [0.5, 0.6) is 5.88 Å². The first-order chi connectivity index (χ1) is 11.3. The van der Waals surface area contributed by atoms with Crippen molar-refractivity contribution in [1.82, 2.24) is 15.0 Å². The maximum absolute atomic E-state index is 5.27. The molecule has 0 unspecified atom stereocenters. The number of aryl methyl sites for hydroxylation is 1. The summed E-state index contributed by atoms with van der Waals surface area (Å²) in [6.07, 6.45) is 4.19. The quantitative estimate of drug-likeness (QED) is 0.729. The lowest BCUT2D eigenvalue weighted by atomic mass is 9.98. The molecule has 0 spiro atoms. The summed E-state index contributed by atoms with van der Waals surface area (Å²) in [5.74, 6) is 0.551. The van der Waals surface area contributed by atoms with E-state index in [1.807, 2.05) is 36.4 Å². The van der Waals surface area contributed by atoms with E-state index >= 15 is 0 Å². The summed E-state index contributed by atoms with van der Waals surface area (Å²) in [5, 5.41) is 0. The third-order valence-electron chi connectivity index (χ3n) is 3.97. The average Bonchev–Trinajstić information content (AvgIpc) is 2.60. The molecule has 0 saturated carbocycles. The standard InChI is InChI=1S/C18H16N4O/c1-23-18-16(7-4-10-19-18)20-12-8-9-15-17(11-12)22-14-6-3-2-5-13(14)21-15/h2-7,10H,8-9,11H2,1H3. The molecule has 2 heterocycles. The number of nitrogens with zero attached hydrogens (tertiary/aromatic N) is 4. The van der Waals surface area contributed by atoms with Gasteiger partial charge >= 0.3 is 0 Å². The number of benzene rings is 1. The second kappa shape index (κ2) is 5.76. The number of para-hydroxylation sites is 2. The summed E-state index contributed by atoms with van der Waals surface area (Å²) in [6.45, 7) is 0. The van der Waals surface area contributed by atoms with Crippen molar-refractivity contribution in [3.8, 4) is 5.88 Å². The monoisotopic (exact) mass is 304 g/mol. The zero-order chi connectivity index (χ0) is 15.6. The van der Waals surface area contributed by atoms with Crippen molar-refractivity contribution in [2.45, 2.75) is 19.3 Å². The largest absolute Gasteiger partial charge is 0.479 e. The zero-order valence-corrected chi connectivity index (χ0v) is 12.9. The van der Waals surface area contributed by atoms with Crippen molar-refractivity contribution >= 4 is 22.4 Å². The van der Waals surface area contributed by atoms with E-state index in [1.54, 1.807) is 13.3 Å². The van der Waals surface area contributed by atoms with E-state index in [-0.39, 0.29) is 0 Å². The van der Waals surface area contributed by atoms with Crippen molar-refractivity contribution < 1.29 is 4.74 Å². The van der Waals surface area contributed by atoms with Crippen LogP contribution in [-0.2, 0) is 12.8 Å². The van der Waals surface area contributed by atoms with E-state index < -0.39 is 0 Å². The molecule has 1 aromatic carbocycles. The van der Waals surface area contributed by atoms with E-state index in [0.717, 1.165) is 53.1 Å². The Kier molecular flexibility index (Phi) is 3.46. The summed E-state index contributed by atoms with van der Waals surface area (Å²) in [7, 11) is 1.61. The Morgan fingerprint density at radius 3 is 2.52 bits per heavy atom. The van der Waals surface area contributed by atoms with Gasteiger partial charge in [-0.2, -0.15) is 0 Å². The lowest BCUT2D eigenvalue weighted by Crippen LogP contribution is -2.17. The van der Waals surface area contributed by atoms with Crippen molar-refractivity contribution in [3.63, 3.8) is 0 Å². The molecule has 0 atom stereocenters. The molecule has 0 amide bonds. The normalized spacial score (nSPS) is 15.6. The van der Waals surface area contributed by atoms with Gasteiger partial charge in [0.05, 0.1) is 29.5 Å².